The Morgan fingerprint density at radius 1 is 1.61 bits per heavy atom. The molecule has 1 aliphatic carbocycles. The van der Waals surface area contributed by atoms with Gasteiger partial charge in [0.05, 0.1) is 12.3 Å². The molecular formula is C13H17NO3S. The van der Waals surface area contributed by atoms with Crippen molar-refractivity contribution in [3.8, 4) is 0 Å². The Morgan fingerprint density at radius 3 is 3.11 bits per heavy atom. The van der Waals surface area contributed by atoms with Gasteiger partial charge in [-0.3, -0.25) is 9.59 Å². The summed E-state index contributed by atoms with van der Waals surface area (Å²) in [5.74, 6) is -1.03. The van der Waals surface area contributed by atoms with Crippen LogP contribution in [0.4, 0.5) is 0 Å². The molecule has 0 radical (unpaired) electrons. The molecule has 5 heteroatoms. The third kappa shape index (κ3) is 2.90. The summed E-state index contributed by atoms with van der Waals surface area (Å²) in [6, 6.07) is 1.70. The van der Waals surface area contributed by atoms with Gasteiger partial charge in [-0.2, -0.15) is 0 Å². The lowest BCUT2D eigenvalue weighted by Crippen LogP contribution is -2.38. The Labute approximate surface area is 110 Å². The van der Waals surface area contributed by atoms with E-state index >= 15 is 0 Å². The standard InChI is InChI=1S/C13H17NO3S/c1-8(7-12(15)16)14-13(17)10-3-2-4-11-9(10)5-6-18-11/h5-6,8,10H,2-4,7H2,1H3,(H,14,17)(H,15,16). The monoisotopic (exact) mass is 267 g/mol. The number of thiophene rings is 1. The minimum atomic E-state index is -0.886. The average Bonchev–Trinajstić information content (AvgIpc) is 2.74. The van der Waals surface area contributed by atoms with Crippen LogP contribution >= 0.6 is 11.3 Å². The number of carbonyl (C=O) groups excluding carboxylic acids is 1. The van der Waals surface area contributed by atoms with Crippen LogP contribution in [0.5, 0.6) is 0 Å². The quantitative estimate of drug-likeness (QED) is 0.878. The van der Waals surface area contributed by atoms with Crippen molar-refractivity contribution in [3.05, 3.63) is 21.9 Å². The van der Waals surface area contributed by atoms with Crippen LogP contribution in [0, 0.1) is 0 Å². The SMILES string of the molecule is CC(CC(=O)O)NC(=O)C1CCCc2sccc21. The fourth-order valence-electron chi connectivity index (χ4n) is 2.42. The summed E-state index contributed by atoms with van der Waals surface area (Å²) in [7, 11) is 0. The molecule has 1 aromatic rings. The van der Waals surface area contributed by atoms with Gasteiger partial charge in [-0.25, -0.2) is 0 Å². The zero-order valence-corrected chi connectivity index (χ0v) is 11.1. The van der Waals surface area contributed by atoms with Crippen LogP contribution in [0.2, 0.25) is 0 Å². The summed E-state index contributed by atoms with van der Waals surface area (Å²) in [5, 5.41) is 13.5. The van der Waals surface area contributed by atoms with E-state index in [0.29, 0.717) is 0 Å². The molecule has 0 aromatic carbocycles. The highest BCUT2D eigenvalue weighted by Gasteiger charge is 2.28. The van der Waals surface area contributed by atoms with Gasteiger partial charge in [-0.15, -0.1) is 11.3 Å². The molecule has 2 atom stereocenters. The van der Waals surface area contributed by atoms with Crippen LogP contribution in [0.1, 0.15) is 42.5 Å². The van der Waals surface area contributed by atoms with Crippen molar-refractivity contribution in [1.82, 2.24) is 5.32 Å². The highest BCUT2D eigenvalue weighted by Crippen LogP contribution is 2.35. The Morgan fingerprint density at radius 2 is 2.39 bits per heavy atom. The third-order valence-electron chi connectivity index (χ3n) is 3.24. The van der Waals surface area contributed by atoms with Gasteiger partial charge in [0, 0.05) is 10.9 Å². The Hall–Kier alpha value is -1.36. The van der Waals surface area contributed by atoms with Gasteiger partial charge in [0.15, 0.2) is 0 Å². The summed E-state index contributed by atoms with van der Waals surface area (Å²) in [6.07, 6.45) is 2.91. The maximum absolute atomic E-state index is 12.2. The molecule has 0 aliphatic heterocycles. The predicted molar refractivity (Wildman–Crippen MR) is 69.9 cm³/mol. The summed E-state index contributed by atoms with van der Waals surface area (Å²) < 4.78 is 0. The van der Waals surface area contributed by atoms with Crippen LogP contribution in [-0.4, -0.2) is 23.0 Å². The Balaban J connectivity index is 2.01. The highest BCUT2D eigenvalue weighted by molar-refractivity contribution is 7.10. The van der Waals surface area contributed by atoms with E-state index < -0.39 is 5.97 Å². The van der Waals surface area contributed by atoms with E-state index in [1.165, 1.54) is 4.88 Å². The zero-order chi connectivity index (χ0) is 13.1. The van der Waals surface area contributed by atoms with Crippen molar-refractivity contribution in [2.45, 2.75) is 44.6 Å². The molecule has 4 nitrogen and oxygen atoms in total. The lowest BCUT2D eigenvalue weighted by atomic mass is 9.87. The number of nitrogens with one attached hydrogen (secondary N) is 1. The minimum Gasteiger partial charge on any atom is -0.481 e. The predicted octanol–water partition coefficient (Wildman–Crippen LogP) is 2.15. The maximum Gasteiger partial charge on any atom is 0.305 e. The van der Waals surface area contributed by atoms with Crippen molar-refractivity contribution in [3.63, 3.8) is 0 Å². The first kappa shape index (κ1) is 13.1. The Bertz CT molecular complexity index is 455. The topological polar surface area (TPSA) is 66.4 Å². The van der Waals surface area contributed by atoms with Gasteiger partial charge >= 0.3 is 5.97 Å². The molecule has 1 heterocycles. The summed E-state index contributed by atoms with van der Waals surface area (Å²) in [4.78, 5) is 24.0. The van der Waals surface area contributed by atoms with E-state index in [2.05, 4.69) is 5.32 Å². The average molecular weight is 267 g/mol. The van der Waals surface area contributed by atoms with Crippen molar-refractivity contribution >= 4 is 23.2 Å². The van der Waals surface area contributed by atoms with Crippen LogP contribution in [0.15, 0.2) is 11.4 Å². The molecule has 98 valence electrons. The minimum absolute atomic E-state index is 0.0328. The van der Waals surface area contributed by atoms with Gasteiger partial charge < -0.3 is 10.4 Å². The lowest BCUT2D eigenvalue weighted by Gasteiger charge is -2.23. The van der Waals surface area contributed by atoms with Gasteiger partial charge in [0.2, 0.25) is 5.91 Å². The van der Waals surface area contributed by atoms with Crippen molar-refractivity contribution in [1.29, 1.82) is 0 Å². The first-order chi connectivity index (χ1) is 8.58. The second-order valence-corrected chi connectivity index (χ2v) is 5.75. The normalized spacial score (nSPS) is 19.9. The zero-order valence-electron chi connectivity index (χ0n) is 10.3. The van der Waals surface area contributed by atoms with E-state index in [4.69, 9.17) is 5.11 Å². The molecule has 0 bridgehead atoms. The summed E-state index contributed by atoms with van der Waals surface area (Å²) >= 11 is 1.70. The number of rotatable bonds is 4. The van der Waals surface area contributed by atoms with Gasteiger partial charge in [-0.1, -0.05) is 0 Å². The molecule has 2 unspecified atom stereocenters. The molecule has 0 fully saturated rings. The number of hydrogen-bond acceptors (Lipinski definition) is 3. The van der Waals surface area contributed by atoms with E-state index in [-0.39, 0.29) is 24.3 Å². The Kier molecular flexibility index (Phi) is 4.01. The number of hydrogen-bond donors (Lipinski definition) is 2. The summed E-state index contributed by atoms with van der Waals surface area (Å²) in [5.41, 5.74) is 1.13. The molecule has 0 saturated heterocycles. The molecular weight excluding hydrogens is 250 g/mol. The number of carboxylic acids is 1. The second-order valence-electron chi connectivity index (χ2n) is 4.75. The third-order valence-corrected chi connectivity index (χ3v) is 4.23. The van der Waals surface area contributed by atoms with Crippen molar-refractivity contribution < 1.29 is 14.7 Å². The molecule has 0 saturated carbocycles. The van der Waals surface area contributed by atoms with E-state index in [1.54, 1.807) is 18.3 Å². The van der Waals surface area contributed by atoms with Crippen LogP contribution in [0.25, 0.3) is 0 Å². The number of amides is 1. The molecule has 1 aromatic heterocycles. The fourth-order valence-corrected chi connectivity index (χ4v) is 3.40. The highest BCUT2D eigenvalue weighted by atomic mass is 32.1. The van der Waals surface area contributed by atoms with Gasteiger partial charge in [0.25, 0.3) is 0 Å². The van der Waals surface area contributed by atoms with E-state index in [0.717, 1.165) is 24.8 Å². The lowest BCUT2D eigenvalue weighted by molar-refractivity contribution is -0.137. The molecule has 0 spiro atoms. The first-order valence-corrected chi connectivity index (χ1v) is 7.04. The molecule has 1 amide bonds. The van der Waals surface area contributed by atoms with Crippen molar-refractivity contribution in [2.24, 2.45) is 0 Å². The fraction of sp³-hybridized carbons (Fsp3) is 0.538. The van der Waals surface area contributed by atoms with Crippen LogP contribution in [-0.2, 0) is 16.0 Å². The first-order valence-electron chi connectivity index (χ1n) is 6.16. The number of fused-ring (bicyclic) bond motifs is 1. The molecule has 2 N–H and O–H groups in total. The number of aryl methyl sites for hydroxylation is 1. The van der Waals surface area contributed by atoms with Gasteiger partial charge in [-0.05, 0) is 43.2 Å². The molecule has 2 rings (SSSR count). The van der Waals surface area contributed by atoms with Crippen LogP contribution in [0.3, 0.4) is 0 Å². The number of carbonyl (C=O) groups is 2. The van der Waals surface area contributed by atoms with Crippen molar-refractivity contribution in [2.75, 3.05) is 0 Å². The molecule has 1 aliphatic rings. The number of aliphatic carboxylic acids is 1. The van der Waals surface area contributed by atoms with Gasteiger partial charge in [0.1, 0.15) is 0 Å². The smallest absolute Gasteiger partial charge is 0.305 e. The summed E-state index contributed by atoms with van der Waals surface area (Å²) in [6.45, 7) is 1.73. The molecule has 18 heavy (non-hydrogen) atoms. The van der Waals surface area contributed by atoms with E-state index in [9.17, 15) is 9.59 Å². The van der Waals surface area contributed by atoms with E-state index in [1.807, 2.05) is 11.4 Å². The van der Waals surface area contributed by atoms with Crippen LogP contribution < -0.4 is 5.32 Å². The second kappa shape index (κ2) is 5.52. The largest absolute Gasteiger partial charge is 0.481 e. The maximum atomic E-state index is 12.2. The number of carboxylic acid groups (broad SMARTS) is 1.